The zero-order valence-electron chi connectivity index (χ0n) is 11.7. The van der Waals surface area contributed by atoms with Gasteiger partial charge in [0, 0.05) is 32.7 Å². The van der Waals surface area contributed by atoms with Gasteiger partial charge >= 0.3 is 0 Å². The highest BCUT2D eigenvalue weighted by molar-refractivity contribution is 4.94. The standard InChI is InChI=1S/C14H25NO4/c1-15-4-7-18-12(9-15)13(16)11-2-5-19-14(8-11)3-6-17-10-14/h11-13,16H,2-10H2,1H3. The molecule has 0 aliphatic carbocycles. The van der Waals surface area contributed by atoms with E-state index in [1.807, 2.05) is 0 Å². The van der Waals surface area contributed by atoms with E-state index in [4.69, 9.17) is 14.2 Å². The first-order valence-electron chi connectivity index (χ1n) is 7.38. The van der Waals surface area contributed by atoms with Gasteiger partial charge in [-0.1, -0.05) is 0 Å². The van der Waals surface area contributed by atoms with Crippen molar-refractivity contribution in [2.75, 3.05) is 46.6 Å². The van der Waals surface area contributed by atoms with Gasteiger partial charge in [-0.25, -0.2) is 0 Å². The van der Waals surface area contributed by atoms with Crippen molar-refractivity contribution in [1.82, 2.24) is 4.90 Å². The summed E-state index contributed by atoms with van der Waals surface area (Å²) in [5.74, 6) is 0.270. The molecule has 0 aromatic rings. The van der Waals surface area contributed by atoms with Gasteiger partial charge in [-0.3, -0.25) is 0 Å². The SMILES string of the molecule is CN1CCOC(C(O)C2CCOC3(CCOC3)C2)C1. The maximum Gasteiger partial charge on any atom is 0.0963 e. The van der Waals surface area contributed by atoms with E-state index < -0.39 is 0 Å². The Kier molecular flexibility index (Phi) is 4.10. The van der Waals surface area contributed by atoms with E-state index in [1.54, 1.807) is 0 Å². The lowest BCUT2D eigenvalue weighted by molar-refractivity contribution is -0.150. The van der Waals surface area contributed by atoms with Gasteiger partial charge in [-0.05, 0) is 25.8 Å². The largest absolute Gasteiger partial charge is 0.390 e. The van der Waals surface area contributed by atoms with Crippen molar-refractivity contribution in [2.24, 2.45) is 5.92 Å². The fraction of sp³-hybridized carbons (Fsp3) is 1.00. The second kappa shape index (κ2) is 5.66. The summed E-state index contributed by atoms with van der Waals surface area (Å²) in [5.41, 5.74) is -0.134. The molecular formula is C14H25NO4. The molecule has 19 heavy (non-hydrogen) atoms. The Morgan fingerprint density at radius 2 is 2.21 bits per heavy atom. The molecular weight excluding hydrogens is 246 g/mol. The molecule has 0 radical (unpaired) electrons. The minimum absolute atomic E-state index is 0.0544. The van der Waals surface area contributed by atoms with Crippen LogP contribution in [0.5, 0.6) is 0 Å². The molecule has 1 spiro atoms. The monoisotopic (exact) mass is 271 g/mol. The summed E-state index contributed by atoms with van der Waals surface area (Å²) >= 11 is 0. The molecule has 4 unspecified atom stereocenters. The number of hydrogen-bond acceptors (Lipinski definition) is 5. The van der Waals surface area contributed by atoms with Crippen LogP contribution in [0.25, 0.3) is 0 Å². The number of rotatable bonds is 2. The van der Waals surface area contributed by atoms with Gasteiger partial charge in [0.15, 0.2) is 0 Å². The quantitative estimate of drug-likeness (QED) is 0.781. The maximum atomic E-state index is 10.6. The van der Waals surface area contributed by atoms with Gasteiger partial charge in [0.2, 0.25) is 0 Å². The van der Waals surface area contributed by atoms with Gasteiger partial charge in [0.1, 0.15) is 0 Å². The van der Waals surface area contributed by atoms with E-state index in [0.29, 0.717) is 6.61 Å². The van der Waals surface area contributed by atoms with E-state index in [2.05, 4.69) is 11.9 Å². The zero-order valence-corrected chi connectivity index (χ0v) is 11.7. The fourth-order valence-corrected chi connectivity index (χ4v) is 3.54. The van der Waals surface area contributed by atoms with Crippen LogP contribution >= 0.6 is 0 Å². The van der Waals surface area contributed by atoms with Crippen LogP contribution in [0.3, 0.4) is 0 Å². The summed E-state index contributed by atoms with van der Waals surface area (Å²) in [6.07, 6.45) is 2.34. The first-order chi connectivity index (χ1) is 9.19. The molecule has 0 amide bonds. The summed E-state index contributed by atoms with van der Waals surface area (Å²) in [6, 6.07) is 0. The van der Waals surface area contributed by atoms with Gasteiger partial charge in [-0.2, -0.15) is 0 Å². The zero-order chi connectivity index (χ0) is 13.3. The predicted octanol–water partition coefficient (Wildman–Crippen LogP) is 0.264. The Balaban J connectivity index is 1.61. The Morgan fingerprint density at radius 1 is 1.32 bits per heavy atom. The molecule has 110 valence electrons. The van der Waals surface area contributed by atoms with Gasteiger partial charge in [-0.15, -0.1) is 0 Å². The van der Waals surface area contributed by atoms with Crippen molar-refractivity contribution < 1.29 is 19.3 Å². The van der Waals surface area contributed by atoms with Crippen molar-refractivity contribution in [3.63, 3.8) is 0 Å². The average Bonchev–Trinajstić information content (AvgIpc) is 2.86. The number of morpholine rings is 1. The third kappa shape index (κ3) is 2.95. The normalized spacial score (nSPS) is 42.6. The molecule has 0 aromatic heterocycles. The third-order valence-electron chi connectivity index (χ3n) is 4.76. The Bertz CT molecular complexity index is 306. The van der Waals surface area contributed by atoms with E-state index in [9.17, 15) is 5.11 Å². The second-order valence-corrected chi connectivity index (χ2v) is 6.25. The van der Waals surface area contributed by atoms with Crippen LogP contribution in [0.15, 0.2) is 0 Å². The summed E-state index contributed by atoms with van der Waals surface area (Å²) in [5, 5.41) is 10.6. The molecule has 1 N–H and O–H groups in total. The van der Waals surface area contributed by atoms with Crippen molar-refractivity contribution in [1.29, 1.82) is 0 Å². The van der Waals surface area contributed by atoms with E-state index in [0.717, 1.165) is 52.2 Å². The molecule has 3 saturated heterocycles. The minimum atomic E-state index is -0.385. The summed E-state index contributed by atoms with van der Waals surface area (Å²) in [6.45, 7) is 4.69. The van der Waals surface area contributed by atoms with Gasteiger partial charge < -0.3 is 24.2 Å². The number of aliphatic hydroxyl groups is 1. The van der Waals surface area contributed by atoms with Crippen molar-refractivity contribution >= 4 is 0 Å². The number of likely N-dealkylation sites (N-methyl/N-ethyl adjacent to an activating group) is 1. The molecule has 0 bridgehead atoms. The molecule has 3 aliphatic heterocycles. The Labute approximate surface area is 114 Å². The first-order valence-corrected chi connectivity index (χ1v) is 7.38. The van der Waals surface area contributed by atoms with Crippen LogP contribution in [0.2, 0.25) is 0 Å². The predicted molar refractivity (Wildman–Crippen MR) is 70.1 cm³/mol. The fourth-order valence-electron chi connectivity index (χ4n) is 3.54. The molecule has 0 saturated carbocycles. The van der Waals surface area contributed by atoms with E-state index in [-0.39, 0.29) is 23.7 Å². The van der Waals surface area contributed by atoms with Gasteiger partial charge in [0.05, 0.1) is 31.0 Å². The lowest BCUT2D eigenvalue weighted by Gasteiger charge is -2.42. The number of aliphatic hydroxyl groups excluding tert-OH is 1. The molecule has 0 aromatic carbocycles. The highest BCUT2D eigenvalue weighted by Gasteiger charge is 2.44. The Hall–Kier alpha value is -0.200. The number of hydrogen-bond donors (Lipinski definition) is 1. The molecule has 3 fully saturated rings. The van der Waals surface area contributed by atoms with Crippen LogP contribution in [0.1, 0.15) is 19.3 Å². The maximum absolute atomic E-state index is 10.6. The Morgan fingerprint density at radius 3 is 2.95 bits per heavy atom. The lowest BCUT2D eigenvalue weighted by Crippen LogP contribution is -2.51. The topological polar surface area (TPSA) is 51.2 Å². The van der Waals surface area contributed by atoms with Crippen LogP contribution in [-0.4, -0.2) is 74.4 Å². The van der Waals surface area contributed by atoms with Gasteiger partial charge in [0.25, 0.3) is 0 Å². The van der Waals surface area contributed by atoms with E-state index >= 15 is 0 Å². The lowest BCUT2D eigenvalue weighted by atomic mass is 9.80. The van der Waals surface area contributed by atoms with Crippen LogP contribution in [-0.2, 0) is 14.2 Å². The average molecular weight is 271 g/mol. The molecule has 5 heteroatoms. The first kappa shape index (κ1) is 13.8. The van der Waals surface area contributed by atoms with Crippen LogP contribution < -0.4 is 0 Å². The summed E-state index contributed by atoms with van der Waals surface area (Å²) in [7, 11) is 2.08. The van der Waals surface area contributed by atoms with Crippen molar-refractivity contribution in [3.05, 3.63) is 0 Å². The smallest absolute Gasteiger partial charge is 0.0963 e. The van der Waals surface area contributed by atoms with Crippen LogP contribution in [0, 0.1) is 5.92 Å². The third-order valence-corrected chi connectivity index (χ3v) is 4.76. The molecule has 3 rings (SSSR count). The van der Waals surface area contributed by atoms with E-state index in [1.165, 1.54) is 0 Å². The number of nitrogens with zero attached hydrogens (tertiary/aromatic N) is 1. The highest BCUT2D eigenvalue weighted by Crippen LogP contribution is 2.38. The summed E-state index contributed by atoms with van der Waals surface area (Å²) < 4.78 is 17.2. The summed E-state index contributed by atoms with van der Waals surface area (Å²) in [4.78, 5) is 2.23. The highest BCUT2D eigenvalue weighted by atomic mass is 16.6. The van der Waals surface area contributed by atoms with Crippen molar-refractivity contribution in [2.45, 2.75) is 37.1 Å². The molecule has 3 aliphatic rings. The molecule has 4 atom stereocenters. The minimum Gasteiger partial charge on any atom is -0.390 e. The number of ether oxygens (including phenoxy) is 3. The van der Waals surface area contributed by atoms with Crippen LogP contribution in [0.4, 0.5) is 0 Å². The van der Waals surface area contributed by atoms with Crippen molar-refractivity contribution in [3.8, 4) is 0 Å². The second-order valence-electron chi connectivity index (χ2n) is 6.25. The molecule has 3 heterocycles. The molecule has 5 nitrogen and oxygen atoms in total.